The van der Waals surface area contributed by atoms with Crippen LogP contribution in [-0.2, 0) is 19.5 Å². The highest BCUT2D eigenvalue weighted by atomic mass is 32.2. The van der Waals surface area contributed by atoms with Crippen LogP contribution in [0.4, 0.5) is 6.01 Å². The van der Waals surface area contributed by atoms with Crippen molar-refractivity contribution in [2.75, 3.05) is 60.1 Å². The zero-order chi connectivity index (χ0) is 26.1. The molecule has 0 radical (unpaired) electrons. The van der Waals surface area contributed by atoms with E-state index in [9.17, 15) is 13.2 Å². The molecule has 0 unspecified atom stereocenters. The molecular weight excluding hydrogens is 492 g/mol. The van der Waals surface area contributed by atoms with Gasteiger partial charge >= 0.3 is 6.01 Å². The van der Waals surface area contributed by atoms with Gasteiger partial charge in [0.05, 0.1) is 37.9 Å². The maximum Gasteiger partial charge on any atom is 0.322 e. The van der Waals surface area contributed by atoms with Gasteiger partial charge in [-0.1, -0.05) is 11.2 Å². The fraction of sp³-hybridized carbons (Fsp3) is 0.348. The summed E-state index contributed by atoms with van der Waals surface area (Å²) in [5.41, 5.74) is 0.693. The van der Waals surface area contributed by atoms with Crippen molar-refractivity contribution in [3.05, 3.63) is 48.0 Å². The Morgan fingerprint density at radius 3 is 2.19 bits per heavy atom. The number of nitrogens with one attached hydrogen (secondary N) is 1. The number of sulfonamides is 1. The smallest absolute Gasteiger partial charge is 0.322 e. The number of amides is 1. The molecule has 13 heteroatoms. The number of aromatic nitrogens is 2. The molecule has 1 N–H and O–H groups in total. The van der Waals surface area contributed by atoms with Gasteiger partial charge in [-0.25, -0.2) is 8.42 Å². The van der Waals surface area contributed by atoms with Gasteiger partial charge in [0.2, 0.25) is 10.0 Å². The molecule has 36 heavy (non-hydrogen) atoms. The van der Waals surface area contributed by atoms with Gasteiger partial charge in [0.1, 0.15) is 0 Å². The Hall–Kier alpha value is -3.52. The van der Waals surface area contributed by atoms with Gasteiger partial charge in [0.15, 0.2) is 11.5 Å². The Morgan fingerprint density at radius 2 is 1.61 bits per heavy atom. The van der Waals surface area contributed by atoms with Crippen LogP contribution in [0.15, 0.2) is 51.8 Å². The van der Waals surface area contributed by atoms with Crippen molar-refractivity contribution in [2.24, 2.45) is 0 Å². The first kappa shape index (κ1) is 27.1. The molecule has 0 aliphatic carbocycles. The number of anilines is 1. The zero-order valence-electron chi connectivity index (χ0n) is 20.4. The first-order valence-electron chi connectivity index (χ1n) is 10.8. The second-order valence-electron chi connectivity index (χ2n) is 7.32. The highest BCUT2D eigenvalue weighted by Gasteiger charge is 2.24. The van der Waals surface area contributed by atoms with Crippen LogP contribution in [0.1, 0.15) is 10.4 Å². The second-order valence-corrected chi connectivity index (χ2v) is 9.26. The van der Waals surface area contributed by atoms with Crippen molar-refractivity contribution in [1.29, 1.82) is 0 Å². The number of hydrogen-bond donors (Lipinski definition) is 1. The number of methoxy groups -OCH3 is 4. The molecule has 0 saturated heterocycles. The second kappa shape index (κ2) is 12.4. The molecule has 3 rings (SSSR count). The van der Waals surface area contributed by atoms with E-state index < -0.39 is 15.9 Å². The highest BCUT2D eigenvalue weighted by Crippen LogP contribution is 2.37. The van der Waals surface area contributed by atoms with Crippen molar-refractivity contribution in [3.63, 3.8) is 0 Å². The highest BCUT2D eigenvalue weighted by molar-refractivity contribution is 7.89. The Labute approximate surface area is 209 Å². The predicted molar refractivity (Wildman–Crippen MR) is 130 cm³/mol. The van der Waals surface area contributed by atoms with Crippen molar-refractivity contribution in [3.8, 4) is 23.0 Å². The van der Waals surface area contributed by atoms with E-state index in [-0.39, 0.29) is 48.7 Å². The minimum atomic E-state index is -3.81. The summed E-state index contributed by atoms with van der Waals surface area (Å²) < 4.78 is 53.5. The Bertz CT molecular complexity index is 1250. The average Bonchev–Trinajstić information content (AvgIpc) is 3.36. The maximum atomic E-state index is 13.0. The SMILES string of the molecule is COCCN(CCOC)S(=O)(=O)c1ccc(C(=O)Nc2nnc(-c3cccc(OC)c3OC)o2)cc1. The van der Waals surface area contributed by atoms with E-state index in [0.717, 1.165) is 0 Å². The van der Waals surface area contributed by atoms with Gasteiger partial charge < -0.3 is 23.4 Å². The quantitative estimate of drug-likeness (QED) is 0.357. The van der Waals surface area contributed by atoms with Gasteiger partial charge in [-0.05, 0) is 36.4 Å². The van der Waals surface area contributed by atoms with E-state index >= 15 is 0 Å². The Kier molecular flexibility index (Phi) is 9.36. The number of carbonyl (C=O) groups excluding carboxylic acids is 1. The van der Waals surface area contributed by atoms with Gasteiger partial charge in [0.25, 0.3) is 11.8 Å². The third kappa shape index (κ3) is 6.18. The van der Waals surface area contributed by atoms with Crippen LogP contribution in [0.25, 0.3) is 11.5 Å². The van der Waals surface area contributed by atoms with Crippen molar-refractivity contribution in [2.45, 2.75) is 4.90 Å². The van der Waals surface area contributed by atoms with Crippen LogP contribution in [0.5, 0.6) is 11.5 Å². The number of benzene rings is 2. The molecule has 0 bridgehead atoms. The van der Waals surface area contributed by atoms with E-state index in [2.05, 4.69) is 15.5 Å². The lowest BCUT2D eigenvalue weighted by atomic mass is 10.2. The largest absolute Gasteiger partial charge is 0.493 e. The normalized spacial score (nSPS) is 11.5. The van der Waals surface area contributed by atoms with Crippen LogP contribution in [-0.4, -0.2) is 83.6 Å². The van der Waals surface area contributed by atoms with Crippen LogP contribution in [0.2, 0.25) is 0 Å². The summed E-state index contributed by atoms with van der Waals surface area (Å²) in [4.78, 5) is 12.7. The molecular formula is C23H28N4O8S. The van der Waals surface area contributed by atoms with Crippen LogP contribution in [0, 0.1) is 0 Å². The monoisotopic (exact) mass is 520 g/mol. The van der Waals surface area contributed by atoms with Crippen LogP contribution < -0.4 is 14.8 Å². The topological polar surface area (TPSA) is 142 Å². The number of rotatable bonds is 13. The first-order chi connectivity index (χ1) is 17.3. The molecule has 194 valence electrons. The molecule has 1 heterocycles. The summed E-state index contributed by atoms with van der Waals surface area (Å²) in [7, 11) is 2.17. The number of nitrogens with zero attached hydrogens (tertiary/aromatic N) is 3. The minimum Gasteiger partial charge on any atom is -0.493 e. The lowest BCUT2D eigenvalue weighted by Gasteiger charge is -2.21. The molecule has 1 aromatic heterocycles. The Balaban J connectivity index is 1.74. The summed E-state index contributed by atoms with van der Waals surface area (Å²) in [5.74, 6) is 0.456. The zero-order valence-corrected chi connectivity index (χ0v) is 21.2. The van der Waals surface area contributed by atoms with Gasteiger partial charge in [-0.2, -0.15) is 4.31 Å². The molecule has 1 amide bonds. The molecule has 0 aliphatic heterocycles. The molecule has 0 atom stereocenters. The fourth-order valence-corrected chi connectivity index (χ4v) is 4.68. The standard InChI is InChI=1S/C23H28N4O8S/c1-31-14-12-27(13-15-32-2)36(29,30)17-10-8-16(9-11-17)21(28)24-23-26-25-22(35-23)18-6-5-7-19(33-3)20(18)34-4/h5-11H,12-15H2,1-4H3,(H,24,26,28). The lowest BCUT2D eigenvalue weighted by Crippen LogP contribution is -2.36. The predicted octanol–water partition coefficient (Wildman–Crippen LogP) is 2.29. The van der Waals surface area contributed by atoms with Gasteiger partial charge in [-0.15, -0.1) is 5.10 Å². The first-order valence-corrected chi connectivity index (χ1v) is 12.2. The maximum absolute atomic E-state index is 13.0. The molecule has 0 spiro atoms. The number of carbonyl (C=O) groups is 1. The molecule has 0 fully saturated rings. The van der Waals surface area contributed by atoms with E-state index in [0.29, 0.717) is 17.1 Å². The summed E-state index contributed by atoms with van der Waals surface area (Å²) in [6, 6.07) is 10.5. The third-order valence-electron chi connectivity index (χ3n) is 5.12. The summed E-state index contributed by atoms with van der Waals surface area (Å²) in [6.45, 7) is 0.804. The summed E-state index contributed by atoms with van der Waals surface area (Å²) >= 11 is 0. The van der Waals surface area contributed by atoms with Crippen LogP contribution in [0.3, 0.4) is 0 Å². The van der Waals surface area contributed by atoms with E-state index in [1.807, 2.05) is 0 Å². The molecule has 0 aliphatic rings. The number of hydrogen-bond acceptors (Lipinski definition) is 10. The minimum absolute atomic E-state index is 0.0384. The third-order valence-corrected chi connectivity index (χ3v) is 7.04. The summed E-state index contributed by atoms with van der Waals surface area (Å²) in [5, 5.41) is 10.3. The van der Waals surface area contributed by atoms with Crippen molar-refractivity contribution < 1.29 is 36.6 Å². The Morgan fingerprint density at radius 1 is 0.944 bits per heavy atom. The fourth-order valence-electron chi connectivity index (χ4n) is 3.27. The molecule has 3 aromatic rings. The van der Waals surface area contributed by atoms with Crippen molar-refractivity contribution in [1.82, 2.24) is 14.5 Å². The van der Waals surface area contributed by atoms with E-state index in [1.54, 1.807) is 18.2 Å². The number of para-hydroxylation sites is 1. The molecule has 12 nitrogen and oxygen atoms in total. The van der Waals surface area contributed by atoms with E-state index in [4.69, 9.17) is 23.4 Å². The number of ether oxygens (including phenoxy) is 4. The van der Waals surface area contributed by atoms with Gasteiger partial charge in [-0.3, -0.25) is 10.1 Å². The molecule has 2 aromatic carbocycles. The van der Waals surface area contributed by atoms with Crippen LogP contribution >= 0.6 is 0 Å². The molecule has 0 saturated carbocycles. The summed E-state index contributed by atoms with van der Waals surface area (Å²) in [6.07, 6.45) is 0. The average molecular weight is 521 g/mol. The van der Waals surface area contributed by atoms with Crippen molar-refractivity contribution >= 4 is 21.9 Å². The van der Waals surface area contributed by atoms with E-state index in [1.165, 1.54) is 57.0 Å². The van der Waals surface area contributed by atoms with Gasteiger partial charge in [0, 0.05) is 32.9 Å². The lowest BCUT2D eigenvalue weighted by molar-refractivity contribution is 0.102.